The van der Waals surface area contributed by atoms with Gasteiger partial charge in [-0.05, 0) is 25.1 Å². The molecule has 1 heterocycles. The molecule has 0 aliphatic rings. The third kappa shape index (κ3) is 6.01. The lowest BCUT2D eigenvalue weighted by atomic mass is 10.3. The predicted molar refractivity (Wildman–Crippen MR) is 86.4 cm³/mol. The van der Waals surface area contributed by atoms with Crippen LogP contribution in [0.3, 0.4) is 0 Å². The van der Waals surface area contributed by atoms with E-state index in [4.69, 9.17) is 16.3 Å². The Kier molecular flexibility index (Phi) is 6.45. The number of aromatic nitrogens is 1. The Labute approximate surface area is 133 Å². The first kappa shape index (κ1) is 16.2. The molecule has 0 saturated carbocycles. The topological polar surface area (TPSA) is 54.4 Å². The Bertz CT molecular complexity index is 562. The van der Waals surface area contributed by atoms with Crippen molar-refractivity contribution in [3.63, 3.8) is 0 Å². The third-order valence-electron chi connectivity index (χ3n) is 2.84. The van der Waals surface area contributed by atoms with E-state index in [1.165, 1.54) is 0 Å². The number of nitrogens with one attached hydrogen (secondary N) is 1. The summed E-state index contributed by atoms with van der Waals surface area (Å²) in [5, 5.41) is 16.8. The number of aryl methyl sites for hydroxylation is 1. The summed E-state index contributed by atoms with van der Waals surface area (Å²) < 4.78 is 5.48. The molecule has 1 atom stereocenters. The maximum Gasteiger partial charge on any atom is 0.120 e. The van der Waals surface area contributed by atoms with Gasteiger partial charge in [0.15, 0.2) is 0 Å². The van der Waals surface area contributed by atoms with Crippen LogP contribution in [0.1, 0.15) is 10.7 Å². The smallest absolute Gasteiger partial charge is 0.120 e. The molecule has 1 aromatic carbocycles. The zero-order valence-corrected chi connectivity index (χ0v) is 13.5. The van der Waals surface area contributed by atoms with Gasteiger partial charge in [0.2, 0.25) is 0 Å². The predicted octanol–water partition coefficient (Wildman–Crippen LogP) is 2.68. The number of nitrogens with zero attached hydrogens (tertiary/aromatic N) is 1. The summed E-state index contributed by atoms with van der Waals surface area (Å²) in [4.78, 5) is 4.39. The minimum absolute atomic E-state index is 0.239. The van der Waals surface area contributed by atoms with Gasteiger partial charge < -0.3 is 15.2 Å². The lowest BCUT2D eigenvalue weighted by Gasteiger charge is -2.13. The molecule has 6 heteroatoms. The van der Waals surface area contributed by atoms with Crippen molar-refractivity contribution < 1.29 is 9.84 Å². The Morgan fingerprint density at radius 1 is 1.48 bits per heavy atom. The molecule has 1 aromatic heterocycles. The molecule has 4 nitrogen and oxygen atoms in total. The van der Waals surface area contributed by atoms with Crippen LogP contribution in [0.15, 0.2) is 29.6 Å². The summed E-state index contributed by atoms with van der Waals surface area (Å²) in [6.07, 6.45) is 0.313. The van der Waals surface area contributed by atoms with Crippen molar-refractivity contribution in [2.45, 2.75) is 19.4 Å². The number of ether oxygens (including phenoxy) is 1. The first-order valence-corrected chi connectivity index (χ1v) is 8.07. The summed E-state index contributed by atoms with van der Waals surface area (Å²) in [5.74, 6) is 0.666. The second-order valence-electron chi connectivity index (χ2n) is 4.73. The molecular formula is C15H19ClN2O2S. The van der Waals surface area contributed by atoms with Crippen molar-refractivity contribution in [3.8, 4) is 5.75 Å². The van der Waals surface area contributed by atoms with Gasteiger partial charge in [0.05, 0.1) is 10.7 Å². The molecule has 21 heavy (non-hydrogen) atoms. The Hall–Kier alpha value is -1.14. The second-order valence-corrected chi connectivity index (χ2v) is 6.23. The molecule has 0 aliphatic heterocycles. The Balaban J connectivity index is 1.60. The van der Waals surface area contributed by atoms with Crippen LogP contribution < -0.4 is 10.1 Å². The SMILES string of the molecule is Cc1nc(CCNCC(O)COc2cccc(Cl)c2)cs1. The van der Waals surface area contributed by atoms with Gasteiger partial charge >= 0.3 is 0 Å². The molecule has 2 aromatic rings. The fourth-order valence-corrected chi connectivity index (χ4v) is 2.64. The van der Waals surface area contributed by atoms with E-state index in [0.717, 1.165) is 23.7 Å². The van der Waals surface area contributed by atoms with E-state index in [0.29, 0.717) is 17.3 Å². The highest BCUT2D eigenvalue weighted by molar-refractivity contribution is 7.09. The van der Waals surface area contributed by atoms with E-state index in [1.54, 1.807) is 23.5 Å². The minimum atomic E-state index is -0.554. The molecule has 0 aliphatic carbocycles. The van der Waals surface area contributed by atoms with Crippen molar-refractivity contribution in [1.82, 2.24) is 10.3 Å². The number of rotatable bonds is 8. The Morgan fingerprint density at radius 3 is 3.05 bits per heavy atom. The number of hydrogen-bond donors (Lipinski definition) is 2. The van der Waals surface area contributed by atoms with Gasteiger partial charge in [-0.2, -0.15) is 0 Å². The van der Waals surface area contributed by atoms with Gasteiger partial charge in [0, 0.05) is 29.9 Å². The van der Waals surface area contributed by atoms with Crippen LogP contribution in [0.2, 0.25) is 5.02 Å². The minimum Gasteiger partial charge on any atom is -0.491 e. The molecule has 1 unspecified atom stereocenters. The number of aliphatic hydroxyl groups is 1. The molecule has 0 fully saturated rings. The van der Waals surface area contributed by atoms with Gasteiger partial charge in [-0.1, -0.05) is 17.7 Å². The molecule has 0 amide bonds. The first-order chi connectivity index (χ1) is 10.1. The fourth-order valence-electron chi connectivity index (χ4n) is 1.82. The highest BCUT2D eigenvalue weighted by Gasteiger charge is 2.05. The van der Waals surface area contributed by atoms with Crippen LogP contribution in [0.5, 0.6) is 5.75 Å². The number of aliphatic hydroxyl groups excluding tert-OH is 1. The van der Waals surface area contributed by atoms with Gasteiger partial charge in [-0.15, -0.1) is 11.3 Å². The lowest BCUT2D eigenvalue weighted by molar-refractivity contribution is 0.106. The molecule has 2 N–H and O–H groups in total. The van der Waals surface area contributed by atoms with Gasteiger partial charge in [0.1, 0.15) is 18.5 Å². The maximum absolute atomic E-state index is 9.85. The fraction of sp³-hybridized carbons (Fsp3) is 0.400. The number of benzene rings is 1. The van der Waals surface area contributed by atoms with E-state index in [2.05, 4.69) is 15.7 Å². The molecule has 2 rings (SSSR count). The van der Waals surface area contributed by atoms with Crippen LogP contribution in [0.25, 0.3) is 0 Å². The number of halogens is 1. The molecule has 0 radical (unpaired) electrons. The molecular weight excluding hydrogens is 308 g/mol. The van der Waals surface area contributed by atoms with Crippen LogP contribution in [-0.2, 0) is 6.42 Å². The summed E-state index contributed by atoms with van der Waals surface area (Å²) in [6.45, 7) is 3.52. The van der Waals surface area contributed by atoms with Crippen molar-refractivity contribution in [2.75, 3.05) is 19.7 Å². The molecule has 0 bridgehead atoms. The average Bonchev–Trinajstić information content (AvgIpc) is 2.87. The van der Waals surface area contributed by atoms with Crippen LogP contribution >= 0.6 is 22.9 Å². The summed E-state index contributed by atoms with van der Waals surface area (Å²) in [7, 11) is 0. The maximum atomic E-state index is 9.85. The van der Waals surface area contributed by atoms with Crippen molar-refractivity contribution in [3.05, 3.63) is 45.4 Å². The van der Waals surface area contributed by atoms with Crippen LogP contribution in [0, 0.1) is 6.92 Å². The van der Waals surface area contributed by atoms with Crippen LogP contribution in [0.4, 0.5) is 0 Å². The van der Waals surface area contributed by atoms with Crippen molar-refractivity contribution in [2.24, 2.45) is 0 Å². The number of thiazole rings is 1. The van der Waals surface area contributed by atoms with Gasteiger partial charge in [0.25, 0.3) is 0 Å². The first-order valence-electron chi connectivity index (χ1n) is 6.81. The van der Waals surface area contributed by atoms with Gasteiger partial charge in [-0.3, -0.25) is 0 Å². The van der Waals surface area contributed by atoms with E-state index >= 15 is 0 Å². The molecule has 114 valence electrons. The highest BCUT2D eigenvalue weighted by atomic mass is 35.5. The Morgan fingerprint density at radius 2 is 2.33 bits per heavy atom. The second kappa shape index (κ2) is 8.34. The highest BCUT2D eigenvalue weighted by Crippen LogP contribution is 2.17. The van der Waals surface area contributed by atoms with Crippen molar-refractivity contribution in [1.29, 1.82) is 0 Å². The lowest BCUT2D eigenvalue weighted by Crippen LogP contribution is -2.32. The van der Waals surface area contributed by atoms with Crippen molar-refractivity contribution >= 4 is 22.9 Å². The largest absolute Gasteiger partial charge is 0.491 e. The third-order valence-corrected chi connectivity index (χ3v) is 3.90. The molecule has 0 saturated heterocycles. The standard InChI is InChI=1S/C15H19ClN2O2S/c1-11-18-13(10-21-11)5-6-17-8-14(19)9-20-15-4-2-3-12(16)7-15/h2-4,7,10,14,17,19H,5-6,8-9H2,1H3. The zero-order chi connectivity index (χ0) is 15.1. The van der Waals surface area contributed by atoms with E-state index in [1.807, 2.05) is 19.1 Å². The monoisotopic (exact) mass is 326 g/mol. The zero-order valence-electron chi connectivity index (χ0n) is 11.9. The van der Waals surface area contributed by atoms with Gasteiger partial charge in [-0.25, -0.2) is 4.98 Å². The van der Waals surface area contributed by atoms with E-state index < -0.39 is 6.10 Å². The van der Waals surface area contributed by atoms with E-state index in [-0.39, 0.29) is 6.61 Å². The number of hydrogen-bond acceptors (Lipinski definition) is 5. The summed E-state index contributed by atoms with van der Waals surface area (Å²) >= 11 is 7.52. The molecule has 0 spiro atoms. The van der Waals surface area contributed by atoms with Crippen LogP contribution in [-0.4, -0.2) is 35.9 Å². The quantitative estimate of drug-likeness (QED) is 0.732. The average molecular weight is 327 g/mol. The summed E-state index contributed by atoms with van der Waals surface area (Å²) in [6, 6.07) is 7.15. The normalized spacial score (nSPS) is 12.3. The summed E-state index contributed by atoms with van der Waals surface area (Å²) in [5.41, 5.74) is 1.09. The van der Waals surface area contributed by atoms with E-state index in [9.17, 15) is 5.11 Å².